The van der Waals surface area contributed by atoms with E-state index in [2.05, 4.69) is 35.5 Å². The van der Waals surface area contributed by atoms with Crippen molar-refractivity contribution in [2.24, 2.45) is 5.92 Å². The van der Waals surface area contributed by atoms with Gasteiger partial charge in [-0.2, -0.15) is 0 Å². The summed E-state index contributed by atoms with van der Waals surface area (Å²) >= 11 is 6.64. The Morgan fingerprint density at radius 2 is 1.89 bits per heavy atom. The third kappa shape index (κ3) is 4.30. The lowest BCUT2D eigenvalue weighted by Crippen LogP contribution is -2.17. The quantitative estimate of drug-likeness (QED) is 0.774. The summed E-state index contributed by atoms with van der Waals surface area (Å²) in [7, 11) is 2.11. The highest BCUT2D eigenvalue weighted by atomic mass is 35.5. The molecule has 0 saturated heterocycles. The summed E-state index contributed by atoms with van der Waals surface area (Å²) in [6.07, 6.45) is 12.1. The Bertz CT molecular complexity index is 766. The van der Waals surface area contributed by atoms with E-state index in [0.29, 0.717) is 0 Å². The number of anilines is 2. The third-order valence-electron chi connectivity index (χ3n) is 6.21. The maximum atomic E-state index is 6.64. The largest absolute Gasteiger partial charge is 0.342 e. The normalized spacial score (nSPS) is 18.0. The number of rotatable bonds is 4. The van der Waals surface area contributed by atoms with Crippen LogP contribution in [0.15, 0.2) is 30.5 Å². The molecule has 0 amide bonds. The Hall–Kier alpha value is -1.58. The number of nitrogens with one attached hydrogen (secondary N) is 1. The second-order valence-electron chi connectivity index (χ2n) is 8.06. The standard InChI is InChI=1S/C23H30ClN3/c1-27(23-21-12-14-25-13-11-18(21)7-10-22(23)24)20-9-8-19(26-16-20)15-17-5-3-2-4-6-17/h7-10,16-17,25H,2-6,11-15H2,1H3. The molecule has 1 aliphatic carbocycles. The van der Waals surface area contributed by atoms with Crippen LogP contribution >= 0.6 is 11.6 Å². The Kier molecular flexibility index (Phi) is 5.99. The second kappa shape index (κ2) is 8.62. The molecule has 0 spiro atoms. The first-order valence-electron chi connectivity index (χ1n) is 10.4. The molecule has 0 bridgehead atoms. The van der Waals surface area contributed by atoms with Crippen molar-refractivity contribution in [2.75, 3.05) is 25.0 Å². The average Bonchev–Trinajstić information content (AvgIpc) is 2.94. The molecule has 0 radical (unpaired) electrons. The van der Waals surface area contributed by atoms with E-state index in [1.807, 2.05) is 12.3 Å². The van der Waals surface area contributed by atoms with E-state index in [-0.39, 0.29) is 0 Å². The summed E-state index contributed by atoms with van der Waals surface area (Å²) in [6.45, 7) is 2.04. The SMILES string of the molecule is CN(c1ccc(CC2CCCCC2)nc1)c1c(Cl)ccc2c1CCNCC2. The van der Waals surface area contributed by atoms with E-state index in [0.717, 1.165) is 54.7 Å². The molecule has 0 unspecified atom stereocenters. The van der Waals surface area contributed by atoms with Crippen LogP contribution in [0.1, 0.15) is 48.9 Å². The summed E-state index contributed by atoms with van der Waals surface area (Å²) in [4.78, 5) is 6.99. The number of aromatic nitrogens is 1. The fraction of sp³-hybridized carbons (Fsp3) is 0.522. The molecule has 1 fully saturated rings. The topological polar surface area (TPSA) is 28.2 Å². The maximum Gasteiger partial charge on any atom is 0.0646 e. The van der Waals surface area contributed by atoms with Crippen molar-refractivity contribution < 1.29 is 0 Å². The molecular formula is C23H30ClN3. The minimum Gasteiger partial charge on any atom is -0.342 e. The molecule has 1 aromatic heterocycles. The van der Waals surface area contributed by atoms with Crippen LogP contribution < -0.4 is 10.2 Å². The highest BCUT2D eigenvalue weighted by molar-refractivity contribution is 6.33. The van der Waals surface area contributed by atoms with Gasteiger partial charge in [0.2, 0.25) is 0 Å². The van der Waals surface area contributed by atoms with Crippen molar-refractivity contribution in [2.45, 2.75) is 51.4 Å². The summed E-state index contributed by atoms with van der Waals surface area (Å²) in [5.41, 5.74) is 6.25. The Morgan fingerprint density at radius 3 is 2.67 bits per heavy atom. The summed E-state index contributed by atoms with van der Waals surface area (Å²) in [5.74, 6) is 0.821. The summed E-state index contributed by atoms with van der Waals surface area (Å²) in [5, 5.41) is 4.32. The van der Waals surface area contributed by atoms with Crippen LogP contribution in [0.3, 0.4) is 0 Å². The van der Waals surface area contributed by atoms with Gasteiger partial charge in [-0.15, -0.1) is 0 Å². The van der Waals surface area contributed by atoms with Crippen molar-refractivity contribution in [3.63, 3.8) is 0 Å². The number of nitrogens with zero attached hydrogens (tertiary/aromatic N) is 2. The van der Waals surface area contributed by atoms with E-state index in [1.165, 1.54) is 48.9 Å². The average molecular weight is 384 g/mol. The fourth-order valence-electron chi connectivity index (χ4n) is 4.64. The maximum absolute atomic E-state index is 6.64. The smallest absolute Gasteiger partial charge is 0.0646 e. The van der Waals surface area contributed by atoms with Gasteiger partial charge in [0.1, 0.15) is 0 Å². The first-order chi connectivity index (χ1) is 13.2. The minimum absolute atomic E-state index is 0.821. The molecule has 1 saturated carbocycles. The minimum atomic E-state index is 0.821. The van der Waals surface area contributed by atoms with Crippen molar-refractivity contribution in [3.8, 4) is 0 Å². The molecule has 2 aliphatic rings. The van der Waals surface area contributed by atoms with Crippen molar-refractivity contribution in [3.05, 3.63) is 52.3 Å². The predicted molar refractivity (Wildman–Crippen MR) is 114 cm³/mol. The van der Waals surface area contributed by atoms with Crippen LogP contribution in [0.2, 0.25) is 5.02 Å². The number of benzene rings is 1. The molecule has 0 atom stereocenters. The molecule has 1 aromatic carbocycles. The fourth-order valence-corrected chi connectivity index (χ4v) is 4.94. The van der Waals surface area contributed by atoms with E-state index < -0.39 is 0 Å². The van der Waals surface area contributed by atoms with Crippen molar-refractivity contribution in [1.29, 1.82) is 0 Å². The highest BCUT2D eigenvalue weighted by Crippen LogP contribution is 2.37. The van der Waals surface area contributed by atoms with E-state index in [4.69, 9.17) is 16.6 Å². The molecule has 2 heterocycles. The molecule has 1 N–H and O–H groups in total. The van der Waals surface area contributed by atoms with Crippen molar-refractivity contribution >= 4 is 23.0 Å². The lowest BCUT2D eigenvalue weighted by atomic mass is 9.86. The van der Waals surface area contributed by atoms with Crippen LogP contribution in [0, 0.1) is 5.92 Å². The molecule has 1 aliphatic heterocycles. The molecule has 4 rings (SSSR count). The van der Waals surface area contributed by atoms with Crippen LogP contribution in [-0.2, 0) is 19.3 Å². The number of hydrogen-bond acceptors (Lipinski definition) is 3. The first-order valence-corrected chi connectivity index (χ1v) is 10.8. The molecule has 2 aromatic rings. The van der Waals surface area contributed by atoms with Gasteiger partial charge in [-0.1, -0.05) is 49.8 Å². The van der Waals surface area contributed by atoms with Gasteiger partial charge >= 0.3 is 0 Å². The van der Waals surface area contributed by atoms with Gasteiger partial charge in [-0.3, -0.25) is 4.98 Å². The van der Waals surface area contributed by atoms with Gasteiger partial charge in [0.25, 0.3) is 0 Å². The van der Waals surface area contributed by atoms with Gasteiger partial charge in [0.15, 0.2) is 0 Å². The van der Waals surface area contributed by atoms with Crippen LogP contribution in [-0.4, -0.2) is 25.1 Å². The number of pyridine rings is 1. The summed E-state index contributed by atoms with van der Waals surface area (Å²) < 4.78 is 0. The Morgan fingerprint density at radius 1 is 1.07 bits per heavy atom. The van der Waals surface area contributed by atoms with Crippen LogP contribution in [0.4, 0.5) is 11.4 Å². The van der Waals surface area contributed by atoms with Crippen molar-refractivity contribution in [1.82, 2.24) is 10.3 Å². The summed E-state index contributed by atoms with van der Waals surface area (Å²) in [6, 6.07) is 8.64. The molecule has 4 heteroatoms. The predicted octanol–water partition coefficient (Wildman–Crippen LogP) is 5.31. The van der Waals surface area contributed by atoms with E-state index in [1.54, 1.807) is 0 Å². The first kappa shape index (κ1) is 18.8. The lowest BCUT2D eigenvalue weighted by Gasteiger charge is -2.25. The van der Waals surface area contributed by atoms with Gasteiger partial charge in [-0.25, -0.2) is 0 Å². The van der Waals surface area contributed by atoms with Crippen LogP contribution in [0.5, 0.6) is 0 Å². The zero-order valence-corrected chi connectivity index (χ0v) is 17.1. The third-order valence-corrected chi connectivity index (χ3v) is 6.51. The highest BCUT2D eigenvalue weighted by Gasteiger charge is 2.19. The monoisotopic (exact) mass is 383 g/mol. The van der Waals surface area contributed by atoms with Gasteiger partial charge in [0.05, 0.1) is 22.6 Å². The zero-order valence-electron chi connectivity index (χ0n) is 16.3. The van der Waals surface area contributed by atoms with Gasteiger partial charge in [-0.05, 0) is 67.6 Å². The van der Waals surface area contributed by atoms with E-state index in [9.17, 15) is 0 Å². The molecule has 3 nitrogen and oxygen atoms in total. The Balaban J connectivity index is 1.55. The number of fused-ring (bicyclic) bond motifs is 1. The van der Waals surface area contributed by atoms with Gasteiger partial charge < -0.3 is 10.2 Å². The molecular weight excluding hydrogens is 354 g/mol. The van der Waals surface area contributed by atoms with Gasteiger partial charge in [0, 0.05) is 12.7 Å². The molecule has 144 valence electrons. The van der Waals surface area contributed by atoms with E-state index >= 15 is 0 Å². The second-order valence-corrected chi connectivity index (χ2v) is 8.47. The molecule has 27 heavy (non-hydrogen) atoms. The van der Waals surface area contributed by atoms with Crippen LogP contribution in [0.25, 0.3) is 0 Å². The zero-order chi connectivity index (χ0) is 18.6. The Labute approximate surface area is 168 Å². The number of hydrogen-bond donors (Lipinski definition) is 1. The number of halogens is 1. The lowest BCUT2D eigenvalue weighted by molar-refractivity contribution is 0.354.